The first-order chi connectivity index (χ1) is 23.6. The molecule has 0 atom stereocenters. The molecule has 0 spiro atoms. The number of nitrogens with one attached hydrogen (secondary N) is 2. The summed E-state index contributed by atoms with van der Waals surface area (Å²) in [4.78, 5) is 81.6. The molecular weight excluding hydrogens is 629 g/mol. The first-order valence-corrected chi connectivity index (χ1v) is 15.3. The van der Waals surface area contributed by atoms with Crippen LogP contribution in [0.15, 0.2) is 59.7 Å². The number of imide groups is 4. The van der Waals surface area contributed by atoms with Gasteiger partial charge in [-0.1, -0.05) is 0 Å². The van der Waals surface area contributed by atoms with Crippen molar-refractivity contribution in [1.82, 2.24) is 29.6 Å². The summed E-state index contributed by atoms with van der Waals surface area (Å²) in [5, 5.41) is 1.74. The number of amides is 8. The zero-order chi connectivity index (χ0) is 36.1. The topological polar surface area (TPSA) is 147 Å². The van der Waals surface area contributed by atoms with Crippen molar-refractivity contribution >= 4 is 90.6 Å². The summed E-state index contributed by atoms with van der Waals surface area (Å²) in [5.41, 5.74) is -0.139. The van der Waals surface area contributed by atoms with Crippen LogP contribution in [0, 0.1) is 0 Å². The number of carbonyl (C=O) groups is 6. The number of likely N-dealkylation sites (N-methyl/N-ethyl adjacent to an activating group) is 4. The number of thiophene rings is 2. The summed E-state index contributed by atoms with van der Waals surface area (Å²) in [6.45, 7) is 0. The molecule has 7 rings (SSSR count). The second-order valence-electron chi connectivity index (χ2n) is 10.6. The minimum Gasteiger partial charge on any atom is -0.354 e. The first kappa shape index (κ1) is 24.7. The Hall–Kier alpha value is -5.60. The highest BCUT2D eigenvalue weighted by Crippen LogP contribution is 2.40. The second-order valence-corrected chi connectivity index (χ2v) is 12.8. The van der Waals surface area contributed by atoms with Crippen molar-refractivity contribution in [3.8, 4) is 21.1 Å². The summed E-state index contributed by atoms with van der Waals surface area (Å²) in [6.07, 6.45) is 0. The highest BCUT2D eigenvalue weighted by molar-refractivity contribution is 7.23. The first-order valence-electron chi connectivity index (χ1n) is 15.5. The number of hydrogen-bond donors (Lipinski definition) is 2. The van der Waals surface area contributed by atoms with Gasteiger partial charge in [-0.05, 0) is 71.4 Å². The van der Waals surface area contributed by atoms with Crippen LogP contribution in [0.4, 0.5) is 9.59 Å². The second kappa shape index (κ2) is 10.5. The molecule has 5 aromatic rings. The normalized spacial score (nSPS) is 17.5. The van der Waals surface area contributed by atoms with Gasteiger partial charge in [-0.2, -0.15) is 0 Å². The van der Waals surface area contributed by atoms with Gasteiger partial charge in [0.1, 0.15) is 11.1 Å². The lowest BCUT2D eigenvalue weighted by Crippen LogP contribution is -2.52. The average molecular weight is 657 g/mol. The molecule has 0 aliphatic carbocycles. The Morgan fingerprint density at radius 1 is 0.587 bits per heavy atom. The van der Waals surface area contributed by atoms with Crippen LogP contribution in [-0.4, -0.2) is 93.4 Å². The molecule has 2 aliphatic rings. The maximum atomic E-state index is 12.7. The molecule has 8 amide bonds. The Morgan fingerprint density at radius 3 is 1.28 bits per heavy atom. The molecule has 1 aromatic carbocycles. The molecule has 14 heteroatoms. The van der Waals surface area contributed by atoms with E-state index >= 15 is 0 Å². The Balaban J connectivity index is 1.21. The molecule has 12 nitrogen and oxygen atoms in total. The molecule has 2 saturated heterocycles. The van der Waals surface area contributed by atoms with Gasteiger partial charge >= 0.3 is 12.1 Å². The smallest absolute Gasteiger partial charge is 0.333 e. The Labute approximate surface area is 274 Å². The van der Waals surface area contributed by atoms with Crippen LogP contribution < -0.4 is 0 Å². The van der Waals surface area contributed by atoms with Crippen LogP contribution in [-0.2, 0) is 19.2 Å². The molecule has 46 heavy (non-hydrogen) atoms. The number of urea groups is 2. The number of fused-ring (bicyclic) bond motifs is 2. The predicted molar refractivity (Wildman–Crippen MR) is 175 cm³/mol. The van der Waals surface area contributed by atoms with E-state index in [-0.39, 0.29) is 11.4 Å². The van der Waals surface area contributed by atoms with Gasteiger partial charge in [-0.25, -0.2) is 9.59 Å². The van der Waals surface area contributed by atoms with Crippen LogP contribution in [0.3, 0.4) is 0 Å². The zero-order valence-electron chi connectivity index (χ0n) is 28.6. The van der Waals surface area contributed by atoms with Crippen LogP contribution in [0.25, 0.3) is 53.4 Å². The van der Waals surface area contributed by atoms with Crippen LogP contribution in [0.2, 0.25) is 2.82 Å². The number of aromatic nitrogens is 2. The summed E-state index contributed by atoms with van der Waals surface area (Å²) in [6, 6.07) is 11.4. The number of barbiturate groups is 2. The minimum atomic E-state index is -0.911. The third-order valence-corrected chi connectivity index (χ3v) is 9.91. The molecule has 0 bridgehead atoms. The van der Waals surface area contributed by atoms with E-state index in [0.29, 0.717) is 21.1 Å². The molecule has 230 valence electrons. The van der Waals surface area contributed by atoms with Gasteiger partial charge in [0.05, 0.1) is 23.9 Å². The molecule has 2 aliphatic heterocycles. The summed E-state index contributed by atoms with van der Waals surface area (Å²) >= 11 is 2.80. The van der Waals surface area contributed by atoms with Gasteiger partial charge in [-0.3, -0.25) is 38.8 Å². The molecule has 6 heterocycles. The number of nitrogens with zero attached hydrogens (tertiary/aromatic N) is 4. The van der Waals surface area contributed by atoms with E-state index in [2.05, 4.69) is 0 Å². The predicted octanol–water partition coefficient (Wildman–Crippen LogP) is 4.97. The Kier molecular flexibility index (Phi) is 5.63. The molecular formula is C32H24N6O6S2. The summed E-state index contributed by atoms with van der Waals surface area (Å²) in [7, 11) is 4.88. The van der Waals surface area contributed by atoms with Crippen molar-refractivity contribution in [3.63, 3.8) is 0 Å². The van der Waals surface area contributed by atoms with E-state index in [4.69, 9.17) is 5.57 Å². The quantitative estimate of drug-likeness (QED) is 0.206. The van der Waals surface area contributed by atoms with E-state index in [1.807, 2.05) is 24.3 Å². The number of hydrogen-bond acceptors (Lipinski definition) is 8. The SMILES string of the molecule is [2H]C(=C1C(=O)N(C)C(=O)N(C)C1=O)c1ccc(-c2cc3cc4sc(-c5ccc(C([2H])=C6C(=O)N(C)C(=O)N(C)C6=O)n5[2H])cc4cc3s2)n1[2H]. The lowest BCUT2D eigenvalue weighted by Gasteiger charge is -2.28. The molecule has 2 fully saturated rings. The third kappa shape index (κ3) is 4.57. The fourth-order valence-corrected chi connectivity index (χ4v) is 7.21. The highest BCUT2D eigenvalue weighted by atomic mass is 32.1. The van der Waals surface area contributed by atoms with Gasteiger partial charge in [0.25, 0.3) is 23.6 Å². The number of H-pyrrole nitrogens is 2. The van der Waals surface area contributed by atoms with Crippen molar-refractivity contribution in [1.29, 1.82) is 0 Å². The van der Waals surface area contributed by atoms with Crippen molar-refractivity contribution in [2.75, 3.05) is 28.2 Å². The zero-order valence-corrected chi connectivity index (χ0v) is 26.2. The van der Waals surface area contributed by atoms with Crippen LogP contribution in [0.1, 0.15) is 14.1 Å². The molecule has 0 saturated carbocycles. The van der Waals surface area contributed by atoms with E-state index in [0.717, 1.165) is 49.7 Å². The van der Waals surface area contributed by atoms with Gasteiger partial charge in [0.15, 0.2) is 2.82 Å². The average Bonchev–Trinajstić information content (AvgIpc) is 3.87. The Bertz CT molecular complexity index is 2220. The maximum absolute atomic E-state index is 12.7. The van der Waals surface area contributed by atoms with Crippen molar-refractivity contribution < 1.29 is 34.3 Å². The molecule has 2 N–H and O–H groups in total. The van der Waals surface area contributed by atoms with Gasteiger partial charge < -0.3 is 9.95 Å². The number of benzene rings is 1. The third-order valence-electron chi connectivity index (χ3n) is 7.67. The lowest BCUT2D eigenvalue weighted by molar-refractivity contribution is -0.135. The Morgan fingerprint density at radius 2 is 0.935 bits per heavy atom. The van der Waals surface area contributed by atoms with Crippen molar-refractivity contribution in [2.24, 2.45) is 0 Å². The van der Waals surface area contributed by atoms with Gasteiger partial charge in [0, 0.05) is 49.0 Å². The van der Waals surface area contributed by atoms with E-state index in [9.17, 15) is 28.8 Å². The maximum Gasteiger partial charge on any atom is 0.333 e. The standard InChI is InChI=1S/C32H24N6O6S2/c1-35-27(39)19(28(40)36(2)31(35)43)13-17-5-7-21(33-17)25-11-15-9-24-16(10-23(15)45-25)12-26(46-24)22-8-6-18(34-22)14-20-29(41)37(3)32(44)38(4)30(20)42/h5-14,33-34H,1-4H3/i13D,14D/hD2. The van der Waals surface area contributed by atoms with E-state index < -0.39 is 58.9 Å². The molecule has 4 aromatic heterocycles. The lowest BCUT2D eigenvalue weighted by atomic mass is 10.1. The number of rotatable bonds is 4. The van der Waals surface area contributed by atoms with Crippen LogP contribution >= 0.6 is 22.7 Å². The minimum absolute atomic E-state index is 0.00456. The van der Waals surface area contributed by atoms with Gasteiger partial charge in [-0.15, -0.1) is 22.7 Å². The fraction of sp³-hybridized carbons (Fsp3) is 0.125. The van der Waals surface area contributed by atoms with E-state index in [1.165, 1.54) is 63.0 Å². The highest BCUT2D eigenvalue weighted by Gasteiger charge is 2.39. The fourth-order valence-electron chi connectivity index (χ4n) is 5.08. The number of carbonyl (C=O) groups excluding carboxylic acids is 6. The monoisotopic (exact) mass is 656 g/mol. The van der Waals surface area contributed by atoms with Crippen molar-refractivity contribution in [3.05, 3.63) is 71.1 Å². The number of aromatic amines is 2. The molecule has 0 radical (unpaired) electrons. The van der Waals surface area contributed by atoms with Crippen molar-refractivity contribution in [2.45, 2.75) is 0 Å². The molecule has 0 unspecified atom stereocenters. The van der Waals surface area contributed by atoms with Gasteiger partial charge in [0.2, 0.25) is 0 Å². The van der Waals surface area contributed by atoms with Crippen LogP contribution in [0.5, 0.6) is 0 Å². The largest absolute Gasteiger partial charge is 0.354 e. The summed E-state index contributed by atoms with van der Waals surface area (Å²) in [5.74, 6) is -3.64. The summed E-state index contributed by atoms with van der Waals surface area (Å²) < 4.78 is 36.4. The van der Waals surface area contributed by atoms with E-state index in [1.54, 1.807) is 12.1 Å².